The molecule has 0 spiro atoms. The van der Waals surface area contributed by atoms with Crippen molar-refractivity contribution in [3.63, 3.8) is 0 Å². The highest BCUT2D eigenvalue weighted by Crippen LogP contribution is 2.25. The Morgan fingerprint density at radius 3 is 2.56 bits per heavy atom. The Morgan fingerprint density at radius 1 is 1.11 bits per heavy atom. The first-order chi connectivity index (χ1) is 8.20. The molecule has 96 valence electrons. The minimum atomic E-state index is -0.206. The molecule has 0 aliphatic heterocycles. The molecule has 0 aromatic heterocycles. The van der Waals surface area contributed by atoms with Gasteiger partial charge in [0.25, 0.3) is 0 Å². The third-order valence-corrected chi connectivity index (χ3v) is 2.81. The molecule has 3 heteroatoms. The molecule has 0 fully saturated rings. The van der Waals surface area contributed by atoms with Crippen molar-refractivity contribution in [2.75, 3.05) is 6.54 Å². The maximum Gasteiger partial charge on any atom is 0.123 e. The van der Waals surface area contributed by atoms with Gasteiger partial charge in [-0.05, 0) is 48.7 Å². The van der Waals surface area contributed by atoms with Gasteiger partial charge in [-0.3, -0.25) is 0 Å². The van der Waals surface area contributed by atoms with Crippen molar-refractivity contribution < 1.29 is 4.39 Å². The Hall–Kier alpha value is -1.38. The summed E-state index contributed by atoms with van der Waals surface area (Å²) in [6.07, 6.45) is 0.812. The summed E-state index contributed by atoms with van der Waals surface area (Å²) in [6.45, 7) is 2.64. The minimum Gasteiger partial charge on any atom is -0.330 e. The van der Waals surface area contributed by atoms with Gasteiger partial charge in [0.15, 0.2) is 0 Å². The number of hydrogen-bond acceptors (Lipinski definition) is 1. The normalized spacial score (nSPS) is 9.94. The average Bonchev–Trinajstić information content (AvgIpc) is 2.32. The lowest BCUT2D eigenvalue weighted by Gasteiger charge is -2.10. The molecule has 0 aliphatic rings. The largest absolute Gasteiger partial charge is 0.330 e. The molecular weight excluding hydrogens is 249 g/mol. The number of nitrogens with two attached hydrogens (primary N) is 1. The molecule has 0 unspecified atom stereocenters. The van der Waals surface area contributed by atoms with Gasteiger partial charge in [-0.1, -0.05) is 35.9 Å². The van der Waals surface area contributed by atoms with E-state index >= 15 is 0 Å². The summed E-state index contributed by atoms with van der Waals surface area (Å²) in [4.78, 5) is 0. The predicted octanol–water partition coefficient (Wildman–Crippen LogP) is 3.72. The van der Waals surface area contributed by atoms with Crippen LogP contribution in [-0.2, 0) is 6.42 Å². The van der Waals surface area contributed by atoms with Crippen LogP contribution in [0.1, 0.15) is 11.1 Å². The summed E-state index contributed by atoms with van der Waals surface area (Å²) in [5, 5.41) is 0. The van der Waals surface area contributed by atoms with E-state index in [1.165, 1.54) is 17.2 Å². The summed E-state index contributed by atoms with van der Waals surface area (Å²) in [5.74, 6) is -0.206. The summed E-state index contributed by atoms with van der Waals surface area (Å²) in [7, 11) is 0. The van der Waals surface area contributed by atoms with Gasteiger partial charge in [-0.2, -0.15) is 0 Å². The van der Waals surface area contributed by atoms with E-state index in [1.54, 1.807) is 12.1 Å². The Balaban J connectivity index is 0.00000162. The van der Waals surface area contributed by atoms with Crippen molar-refractivity contribution in [3.8, 4) is 11.1 Å². The Kier molecular flexibility index (Phi) is 5.32. The lowest BCUT2D eigenvalue weighted by Crippen LogP contribution is -2.04. The van der Waals surface area contributed by atoms with Crippen LogP contribution in [0.15, 0.2) is 42.5 Å². The van der Waals surface area contributed by atoms with Crippen LogP contribution in [0, 0.1) is 12.7 Å². The smallest absolute Gasteiger partial charge is 0.123 e. The lowest BCUT2D eigenvalue weighted by atomic mass is 9.96. The Morgan fingerprint density at radius 2 is 1.89 bits per heavy atom. The third-order valence-electron chi connectivity index (χ3n) is 2.81. The van der Waals surface area contributed by atoms with Gasteiger partial charge < -0.3 is 5.73 Å². The molecule has 2 aromatic carbocycles. The molecule has 0 atom stereocenters. The highest BCUT2D eigenvalue weighted by Gasteiger charge is 2.05. The van der Waals surface area contributed by atoms with Crippen LogP contribution >= 0.6 is 12.4 Å². The van der Waals surface area contributed by atoms with Crippen LogP contribution in [0.2, 0.25) is 0 Å². The Labute approximate surface area is 113 Å². The number of rotatable bonds is 3. The van der Waals surface area contributed by atoms with Gasteiger partial charge in [0.05, 0.1) is 0 Å². The van der Waals surface area contributed by atoms with Crippen LogP contribution < -0.4 is 5.73 Å². The molecule has 2 aromatic rings. The predicted molar refractivity (Wildman–Crippen MR) is 76.6 cm³/mol. The van der Waals surface area contributed by atoms with E-state index in [2.05, 4.69) is 18.2 Å². The zero-order chi connectivity index (χ0) is 12.3. The van der Waals surface area contributed by atoms with E-state index < -0.39 is 0 Å². The summed E-state index contributed by atoms with van der Waals surface area (Å²) in [5.41, 5.74) is 9.94. The standard InChI is InChI=1S/C15H16FN.ClH/c1-11-5-6-12(7-8-17)15(9-11)13-3-2-4-14(16)10-13;/h2-6,9-10H,7-8,17H2,1H3;1H. The molecule has 18 heavy (non-hydrogen) atoms. The third kappa shape index (κ3) is 3.31. The second-order valence-corrected chi connectivity index (χ2v) is 4.21. The van der Waals surface area contributed by atoms with Gasteiger partial charge in [0, 0.05) is 0 Å². The quantitative estimate of drug-likeness (QED) is 0.899. The number of hydrogen-bond donors (Lipinski definition) is 1. The fourth-order valence-corrected chi connectivity index (χ4v) is 1.99. The zero-order valence-corrected chi connectivity index (χ0v) is 11.1. The highest BCUT2D eigenvalue weighted by molar-refractivity contribution is 5.85. The molecule has 0 aliphatic carbocycles. The molecule has 0 saturated carbocycles. The van der Waals surface area contributed by atoms with Gasteiger partial charge in [0.1, 0.15) is 5.82 Å². The van der Waals surface area contributed by atoms with Crippen molar-refractivity contribution in [1.82, 2.24) is 0 Å². The van der Waals surface area contributed by atoms with Crippen LogP contribution in [0.5, 0.6) is 0 Å². The second kappa shape index (κ2) is 6.53. The fraction of sp³-hybridized carbons (Fsp3) is 0.200. The van der Waals surface area contributed by atoms with Crippen LogP contribution in [-0.4, -0.2) is 6.54 Å². The van der Waals surface area contributed by atoms with Crippen LogP contribution in [0.4, 0.5) is 4.39 Å². The van der Waals surface area contributed by atoms with Gasteiger partial charge in [0.2, 0.25) is 0 Å². The van der Waals surface area contributed by atoms with E-state index in [9.17, 15) is 4.39 Å². The van der Waals surface area contributed by atoms with E-state index in [4.69, 9.17) is 5.73 Å². The van der Waals surface area contributed by atoms with Crippen molar-refractivity contribution in [1.29, 1.82) is 0 Å². The Bertz CT molecular complexity index is 526. The lowest BCUT2D eigenvalue weighted by molar-refractivity contribution is 0.628. The molecule has 1 nitrogen and oxygen atoms in total. The topological polar surface area (TPSA) is 26.0 Å². The van der Waals surface area contributed by atoms with Crippen LogP contribution in [0.25, 0.3) is 11.1 Å². The second-order valence-electron chi connectivity index (χ2n) is 4.21. The first-order valence-electron chi connectivity index (χ1n) is 5.76. The molecule has 0 heterocycles. The number of aryl methyl sites for hydroxylation is 1. The maximum atomic E-state index is 13.2. The van der Waals surface area contributed by atoms with E-state index in [-0.39, 0.29) is 18.2 Å². The fourth-order valence-electron chi connectivity index (χ4n) is 1.99. The number of halogens is 2. The molecule has 0 radical (unpaired) electrons. The number of benzene rings is 2. The van der Waals surface area contributed by atoms with Crippen molar-refractivity contribution in [2.45, 2.75) is 13.3 Å². The van der Waals surface area contributed by atoms with E-state index in [0.717, 1.165) is 17.5 Å². The van der Waals surface area contributed by atoms with E-state index in [1.807, 2.05) is 13.0 Å². The molecule has 0 amide bonds. The van der Waals surface area contributed by atoms with Gasteiger partial charge >= 0.3 is 0 Å². The van der Waals surface area contributed by atoms with Crippen molar-refractivity contribution in [2.24, 2.45) is 5.73 Å². The highest BCUT2D eigenvalue weighted by atomic mass is 35.5. The summed E-state index contributed by atoms with van der Waals surface area (Å²) >= 11 is 0. The van der Waals surface area contributed by atoms with E-state index in [0.29, 0.717) is 6.54 Å². The monoisotopic (exact) mass is 265 g/mol. The van der Waals surface area contributed by atoms with Crippen molar-refractivity contribution >= 4 is 12.4 Å². The molecular formula is C15H17ClFN. The average molecular weight is 266 g/mol. The van der Waals surface area contributed by atoms with Gasteiger partial charge in [-0.25, -0.2) is 4.39 Å². The first kappa shape index (κ1) is 14.7. The SMILES string of the molecule is Cc1ccc(CCN)c(-c2cccc(F)c2)c1.Cl. The zero-order valence-electron chi connectivity index (χ0n) is 10.3. The molecule has 0 saturated heterocycles. The molecule has 2 N–H and O–H groups in total. The molecule has 0 bridgehead atoms. The summed E-state index contributed by atoms with van der Waals surface area (Å²) < 4.78 is 13.2. The maximum absolute atomic E-state index is 13.2. The van der Waals surface area contributed by atoms with Crippen LogP contribution in [0.3, 0.4) is 0 Å². The minimum absolute atomic E-state index is 0. The first-order valence-corrected chi connectivity index (χ1v) is 5.76. The van der Waals surface area contributed by atoms with Crippen molar-refractivity contribution in [3.05, 3.63) is 59.4 Å². The molecule has 2 rings (SSSR count). The van der Waals surface area contributed by atoms with Gasteiger partial charge in [-0.15, -0.1) is 12.4 Å². The summed E-state index contributed by atoms with van der Waals surface area (Å²) in [6, 6.07) is 12.9.